The molecule has 1 aromatic carbocycles. The van der Waals surface area contributed by atoms with Crippen LogP contribution in [0.15, 0.2) is 24.3 Å². The number of para-hydroxylation sites is 2. The number of aromatic nitrogens is 2. The summed E-state index contributed by atoms with van der Waals surface area (Å²) in [5.41, 5.74) is 1.85. The summed E-state index contributed by atoms with van der Waals surface area (Å²) in [5.74, 6) is -0.128. The number of likely N-dealkylation sites (tertiary alicyclic amines) is 1. The number of carboxylic acids is 1. The van der Waals surface area contributed by atoms with E-state index in [1.165, 1.54) is 0 Å². The molecule has 2 amide bonds. The van der Waals surface area contributed by atoms with Crippen molar-refractivity contribution in [2.24, 2.45) is 0 Å². The molecule has 0 spiro atoms. The number of nitrogens with zero attached hydrogens (tertiary/aromatic N) is 2. The molecule has 2 aromatic rings. The molecular weight excluding hydrogens is 296 g/mol. The lowest BCUT2D eigenvalue weighted by Crippen LogP contribution is -2.45. The highest BCUT2D eigenvalue weighted by Crippen LogP contribution is 2.30. The molecule has 23 heavy (non-hydrogen) atoms. The zero-order valence-corrected chi connectivity index (χ0v) is 12.8. The molecule has 1 atom stereocenters. The van der Waals surface area contributed by atoms with Crippen LogP contribution >= 0.6 is 0 Å². The maximum atomic E-state index is 12.4. The highest BCUT2D eigenvalue weighted by Gasteiger charge is 2.30. The molecule has 1 fully saturated rings. The Morgan fingerprint density at radius 1 is 1.35 bits per heavy atom. The number of carboxylic acid groups (broad SMARTS) is 1. The SMILES string of the molecule is O=C(O)CCNC(=O)N1CCCCC1c1nc2ccccc2[nH]1. The first-order valence-corrected chi connectivity index (χ1v) is 7.86. The van der Waals surface area contributed by atoms with Crippen molar-refractivity contribution < 1.29 is 14.7 Å². The number of imidazole rings is 1. The molecule has 2 heterocycles. The second kappa shape index (κ2) is 6.68. The van der Waals surface area contributed by atoms with Gasteiger partial charge in [-0.3, -0.25) is 4.79 Å². The first-order valence-electron chi connectivity index (χ1n) is 7.86. The first-order chi connectivity index (χ1) is 11.1. The number of fused-ring (bicyclic) bond motifs is 1. The molecule has 1 aromatic heterocycles. The Hall–Kier alpha value is -2.57. The lowest BCUT2D eigenvalue weighted by atomic mass is 10.0. The van der Waals surface area contributed by atoms with Gasteiger partial charge in [0, 0.05) is 13.1 Å². The van der Waals surface area contributed by atoms with Gasteiger partial charge in [0.15, 0.2) is 0 Å². The standard InChI is InChI=1S/C16H20N4O3/c21-14(22)8-9-17-16(23)20-10-4-3-7-13(20)15-18-11-5-1-2-6-12(11)19-15/h1-2,5-6,13H,3-4,7-10H2,(H,17,23)(H,18,19)(H,21,22). The third-order valence-electron chi connectivity index (χ3n) is 4.10. The number of carbonyl (C=O) groups is 2. The smallest absolute Gasteiger partial charge is 0.318 e. The normalized spacial score (nSPS) is 18.1. The lowest BCUT2D eigenvalue weighted by Gasteiger charge is -2.34. The quantitative estimate of drug-likeness (QED) is 0.806. The van der Waals surface area contributed by atoms with E-state index in [-0.39, 0.29) is 25.0 Å². The largest absolute Gasteiger partial charge is 0.481 e. The molecule has 7 nitrogen and oxygen atoms in total. The van der Waals surface area contributed by atoms with Crippen molar-refractivity contribution in [2.45, 2.75) is 31.7 Å². The minimum atomic E-state index is -0.919. The van der Waals surface area contributed by atoms with Gasteiger partial charge < -0.3 is 20.3 Å². The fourth-order valence-electron chi connectivity index (χ4n) is 2.97. The van der Waals surface area contributed by atoms with Crippen LogP contribution < -0.4 is 5.32 Å². The van der Waals surface area contributed by atoms with E-state index >= 15 is 0 Å². The molecule has 0 saturated carbocycles. The Morgan fingerprint density at radius 2 is 2.17 bits per heavy atom. The fourth-order valence-corrected chi connectivity index (χ4v) is 2.97. The van der Waals surface area contributed by atoms with E-state index < -0.39 is 5.97 Å². The number of urea groups is 1. The van der Waals surface area contributed by atoms with E-state index in [0.717, 1.165) is 36.1 Å². The van der Waals surface area contributed by atoms with Gasteiger partial charge in [0.25, 0.3) is 0 Å². The Bertz CT molecular complexity index is 679. The average Bonchev–Trinajstić information content (AvgIpc) is 2.98. The van der Waals surface area contributed by atoms with Crippen molar-refractivity contribution >= 4 is 23.0 Å². The molecule has 0 radical (unpaired) electrons. The third-order valence-corrected chi connectivity index (χ3v) is 4.10. The number of amides is 2. The number of aromatic amines is 1. The highest BCUT2D eigenvalue weighted by molar-refractivity contribution is 5.77. The number of carbonyl (C=O) groups excluding carboxylic acids is 1. The Kier molecular flexibility index (Phi) is 4.45. The predicted octanol–water partition coefficient (Wildman–Crippen LogP) is 2.27. The Morgan fingerprint density at radius 3 is 2.96 bits per heavy atom. The molecule has 1 saturated heterocycles. The van der Waals surface area contributed by atoms with E-state index in [4.69, 9.17) is 5.11 Å². The molecule has 3 N–H and O–H groups in total. The van der Waals surface area contributed by atoms with Crippen LogP contribution in [-0.4, -0.2) is 45.1 Å². The summed E-state index contributed by atoms with van der Waals surface area (Å²) >= 11 is 0. The van der Waals surface area contributed by atoms with Crippen LogP contribution in [0.3, 0.4) is 0 Å². The van der Waals surface area contributed by atoms with Crippen molar-refractivity contribution in [3.63, 3.8) is 0 Å². The van der Waals surface area contributed by atoms with Gasteiger partial charge in [0.2, 0.25) is 0 Å². The molecule has 122 valence electrons. The van der Waals surface area contributed by atoms with Crippen LogP contribution in [0.4, 0.5) is 4.79 Å². The van der Waals surface area contributed by atoms with Crippen molar-refractivity contribution in [3.05, 3.63) is 30.1 Å². The maximum absolute atomic E-state index is 12.4. The van der Waals surface area contributed by atoms with E-state index in [1.807, 2.05) is 24.3 Å². The molecule has 3 rings (SSSR count). The van der Waals surface area contributed by atoms with Gasteiger partial charge >= 0.3 is 12.0 Å². The van der Waals surface area contributed by atoms with Crippen molar-refractivity contribution in [1.82, 2.24) is 20.2 Å². The number of aliphatic carboxylic acids is 1. The van der Waals surface area contributed by atoms with Gasteiger partial charge in [0.1, 0.15) is 5.82 Å². The highest BCUT2D eigenvalue weighted by atomic mass is 16.4. The number of nitrogens with one attached hydrogen (secondary N) is 2. The van der Waals surface area contributed by atoms with Crippen molar-refractivity contribution in [1.29, 1.82) is 0 Å². The van der Waals surface area contributed by atoms with E-state index in [1.54, 1.807) is 4.90 Å². The number of rotatable bonds is 4. The second-order valence-corrected chi connectivity index (χ2v) is 5.72. The van der Waals surface area contributed by atoms with Gasteiger partial charge in [-0.15, -0.1) is 0 Å². The Labute approximate surface area is 133 Å². The van der Waals surface area contributed by atoms with E-state index in [0.29, 0.717) is 6.54 Å². The van der Waals surface area contributed by atoms with Crippen LogP contribution in [0.25, 0.3) is 11.0 Å². The van der Waals surface area contributed by atoms with Gasteiger partial charge in [-0.05, 0) is 31.4 Å². The summed E-state index contributed by atoms with van der Waals surface area (Å²) in [4.78, 5) is 32.6. The molecular formula is C16H20N4O3. The minimum absolute atomic E-state index is 0.0745. The summed E-state index contributed by atoms with van der Waals surface area (Å²) in [5, 5.41) is 11.3. The van der Waals surface area contributed by atoms with Gasteiger partial charge in [0.05, 0.1) is 23.5 Å². The molecule has 7 heteroatoms. The second-order valence-electron chi connectivity index (χ2n) is 5.72. The molecule has 0 bridgehead atoms. The maximum Gasteiger partial charge on any atom is 0.318 e. The number of benzene rings is 1. The number of hydrogen-bond acceptors (Lipinski definition) is 3. The van der Waals surface area contributed by atoms with Crippen LogP contribution in [0.5, 0.6) is 0 Å². The van der Waals surface area contributed by atoms with E-state index in [2.05, 4.69) is 15.3 Å². The fraction of sp³-hybridized carbons (Fsp3) is 0.438. The summed E-state index contributed by atoms with van der Waals surface area (Å²) in [6, 6.07) is 7.46. The van der Waals surface area contributed by atoms with Crippen LogP contribution in [0.1, 0.15) is 37.5 Å². The van der Waals surface area contributed by atoms with Gasteiger partial charge in [-0.2, -0.15) is 0 Å². The number of H-pyrrole nitrogens is 1. The minimum Gasteiger partial charge on any atom is -0.481 e. The summed E-state index contributed by atoms with van der Waals surface area (Å²) in [6.45, 7) is 0.790. The van der Waals surface area contributed by atoms with Crippen molar-refractivity contribution in [2.75, 3.05) is 13.1 Å². The monoisotopic (exact) mass is 316 g/mol. The molecule has 0 aliphatic carbocycles. The topological polar surface area (TPSA) is 98.3 Å². The molecule has 1 aliphatic heterocycles. The van der Waals surface area contributed by atoms with Crippen LogP contribution in [-0.2, 0) is 4.79 Å². The zero-order chi connectivity index (χ0) is 16.2. The zero-order valence-electron chi connectivity index (χ0n) is 12.8. The number of hydrogen-bond donors (Lipinski definition) is 3. The molecule has 1 aliphatic rings. The summed E-state index contributed by atoms with van der Waals surface area (Å²) < 4.78 is 0. The lowest BCUT2D eigenvalue weighted by molar-refractivity contribution is -0.136. The predicted molar refractivity (Wildman–Crippen MR) is 85.0 cm³/mol. The average molecular weight is 316 g/mol. The summed E-state index contributed by atoms with van der Waals surface area (Å²) in [7, 11) is 0. The van der Waals surface area contributed by atoms with E-state index in [9.17, 15) is 9.59 Å². The summed E-state index contributed by atoms with van der Waals surface area (Å²) in [6.07, 6.45) is 2.77. The van der Waals surface area contributed by atoms with Crippen LogP contribution in [0.2, 0.25) is 0 Å². The van der Waals surface area contributed by atoms with Gasteiger partial charge in [-0.25, -0.2) is 9.78 Å². The van der Waals surface area contributed by atoms with Gasteiger partial charge in [-0.1, -0.05) is 12.1 Å². The van der Waals surface area contributed by atoms with Crippen LogP contribution in [0, 0.1) is 0 Å². The third kappa shape index (κ3) is 3.44. The molecule has 1 unspecified atom stereocenters. The Balaban J connectivity index is 1.75. The van der Waals surface area contributed by atoms with Crippen molar-refractivity contribution in [3.8, 4) is 0 Å². The first kappa shape index (κ1) is 15.3. The number of piperidine rings is 1.